The number of aliphatic hydroxyl groups is 1. The highest BCUT2D eigenvalue weighted by Crippen LogP contribution is 2.71. The maximum absolute atomic E-state index is 14.4. The highest BCUT2D eigenvalue weighted by molar-refractivity contribution is 8.02. The summed E-state index contributed by atoms with van der Waals surface area (Å²) in [5.41, 5.74) is 1.03. The number of likely N-dealkylation sites (tertiary alicyclic amines) is 1. The Morgan fingerprint density at radius 1 is 1.05 bits per heavy atom. The van der Waals surface area contributed by atoms with Gasteiger partial charge in [0.1, 0.15) is 6.04 Å². The Hall–Kier alpha value is -2.58. The molecule has 3 amide bonds. The Labute approximate surface area is 250 Å². The van der Waals surface area contributed by atoms with Crippen molar-refractivity contribution in [2.24, 2.45) is 11.8 Å². The molecular formula is C33H47N3O4S. The third-order valence-electron chi connectivity index (χ3n) is 9.15. The third-order valence-corrected chi connectivity index (χ3v) is 11.1. The van der Waals surface area contributed by atoms with Crippen molar-refractivity contribution in [1.82, 2.24) is 14.7 Å². The Bertz CT molecular complexity index is 1110. The van der Waals surface area contributed by atoms with Gasteiger partial charge >= 0.3 is 0 Å². The quantitative estimate of drug-likeness (QED) is 0.227. The second kappa shape index (κ2) is 13.6. The largest absolute Gasteiger partial charge is 0.396 e. The lowest BCUT2D eigenvalue weighted by Gasteiger charge is -2.38. The molecule has 5 atom stereocenters. The first kappa shape index (κ1) is 31.4. The van der Waals surface area contributed by atoms with E-state index in [1.807, 2.05) is 40.1 Å². The summed E-state index contributed by atoms with van der Waals surface area (Å²) in [5, 5.41) is 9.45. The number of carbonyl (C=O) groups is 3. The number of carbonyl (C=O) groups excluding carboxylic acids is 3. The zero-order chi connectivity index (χ0) is 29.6. The molecule has 4 rings (SSSR count). The summed E-state index contributed by atoms with van der Waals surface area (Å²) in [6.45, 7) is 14.4. The highest BCUT2D eigenvalue weighted by Gasteiger charge is 2.77. The normalized spacial score (nSPS) is 28.0. The summed E-state index contributed by atoms with van der Waals surface area (Å²) < 4.78 is -1.06. The van der Waals surface area contributed by atoms with Crippen LogP contribution in [0.25, 0.3) is 0 Å². The molecule has 3 aliphatic heterocycles. The van der Waals surface area contributed by atoms with E-state index in [0.717, 1.165) is 37.7 Å². The minimum Gasteiger partial charge on any atom is -0.396 e. The molecule has 3 aliphatic rings. The molecule has 1 spiro atoms. The smallest absolute Gasteiger partial charge is 0.247 e. The summed E-state index contributed by atoms with van der Waals surface area (Å²) in [7, 11) is 0. The number of hydrogen-bond acceptors (Lipinski definition) is 5. The van der Waals surface area contributed by atoms with Gasteiger partial charge in [0.25, 0.3) is 0 Å². The van der Waals surface area contributed by atoms with Crippen LogP contribution in [0.4, 0.5) is 0 Å². The van der Waals surface area contributed by atoms with Crippen LogP contribution in [0.1, 0.15) is 64.4 Å². The van der Waals surface area contributed by atoms with Crippen molar-refractivity contribution in [2.75, 3.05) is 32.8 Å². The van der Waals surface area contributed by atoms with E-state index in [2.05, 4.69) is 27.0 Å². The van der Waals surface area contributed by atoms with Crippen LogP contribution in [0.15, 0.2) is 55.6 Å². The minimum atomic E-state index is -0.640. The molecule has 0 aromatic heterocycles. The molecule has 0 radical (unpaired) electrons. The van der Waals surface area contributed by atoms with E-state index < -0.39 is 27.4 Å². The van der Waals surface area contributed by atoms with Gasteiger partial charge in [0.15, 0.2) is 0 Å². The average molecular weight is 582 g/mol. The SMILES string of the molecule is C=CCN(CCCCC)C(=O)C1N(CCCCO)C(=O)[C@@H]2[C@H](C(=O)N(CC=C)Cc3ccccc3)[C@]3(C)CCC12S3. The Morgan fingerprint density at radius 3 is 2.41 bits per heavy atom. The van der Waals surface area contributed by atoms with Crippen molar-refractivity contribution in [2.45, 2.75) is 80.9 Å². The molecule has 3 fully saturated rings. The van der Waals surface area contributed by atoms with E-state index in [0.29, 0.717) is 45.6 Å². The molecule has 0 aliphatic carbocycles. The van der Waals surface area contributed by atoms with Gasteiger partial charge in [-0.05, 0) is 44.6 Å². The van der Waals surface area contributed by atoms with Gasteiger partial charge in [0, 0.05) is 44.1 Å². The number of fused-ring (bicyclic) bond motifs is 1. The van der Waals surface area contributed by atoms with E-state index in [-0.39, 0.29) is 24.3 Å². The van der Waals surface area contributed by atoms with Crippen LogP contribution < -0.4 is 0 Å². The van der Waals surface area contributed by atoms with Crippen LogP contribution in [0.3, 0.4) is 0 Å². The van der Waals surface area contributed by atoms with Gasteiger partial charge < -0.3 is 19.8 Å². The van der Waals surface area contributed by atoms with Crippen LogP contribution in [-0.4, -0.2) is 85.8 Å². The number of hydrogen-bond donors (Lipinski definition) is 1. The lowest BCUT2D eigenvalue weighted by molar-refractivity contribution is -0.146. The summed E-state index contributed by atoms with van der Waals surface area (Å²) in [5.74, 6) is -1.20. The van der Waals surface area contributed by atoms with Crippen LogP contribution in [-0.2, 0) is 20.9 Å². The van der Waals surface area contributed by atoms with Gasteiger partial charge in [-0.3, -0.25) is 14.4 Å². The number of aliphatic hydroxyl groups excluding tert-OH is 1. The molecule has 3 saturated heterocycles. The summed E-state index contributed by atoms with van der Waals surface area (Å²) in [6, 6.07) is 9.28. The number of amides is 3. The fraction of sp³-hybridized carbons (Fsp3) is 0.606. The van der Waals surface area contributed by atoms with Crippen molar-refractivity contribution >= 4 is 29.5 Å². The highest BCUT2D eigenvalue weighted by atomic mass is 32.2. The van der Waals surface area contributed by atoms with E-state index in [4.69, 9.17) is 0 Å². The lowest BCUT2D eigenvalue weighted by Crippen LogP contribution is -2.55. The number of benzene rings is 1. The average Bonchev–Trinajstić information content (AvgIpc) is 3.53. The maximum Gasteiger partial charge on any atom is 0.247 e. The second-order valence-electron chi connectivity index (χ2n) is 12.0. The first-order valence-corrected chi connectivity index (χ1v) is 16.0. The molecule has 1 aromatic carbocycles. The summed E-state index contributed by atoms with van der Waals surface area (Å²) >= 11 is 1.72. The minimum absolute atomic E-state index is 0.0296. The molecule has 41 heavy (non-hydrogen) atoms. The second-order valence-corrected chi connectivity index (χ2v) is 13.9. The Balaban J connectivity index is 1.70. The number of unbranched alkanes of at least 4 members (excludes halogenated alkanes) is 3. The number of nitrogens with zero attached hydrogens (tertiary/aromatic N) is 3. The predicted octanol–water partition coefficient (Wildman–Crippen LogP) is 4.66. The van der Waals surface area contributed by atoms with Gasteiger partial charge in [-0.1, -0.05) is 62.2 Å². The predicted molar refractivity (Wildman–Crippen MR) is 165 cm³/mol. The van der Waals surface area contributed by atoms with Crippen molar-refractivity contribution < 1.29 is 19.5 Å². The van der Waals surface area contributed by atoms with E-state index in [9.17, 15) is 19.5 Å². The lowest BCUT2D eigenvalue weighted by atomic mass is 9.66. The fourth-order valence-corrected chi connectivity index (χ4v) is 9.62. The Morgan fingerprint density at radius 2 is 1.76 bits per heavy atom. The molecule has 224 valence electrons. The van der Waals surface area contributed by atoms with Crippen molar-refractivity contribution in [3.8, 4) is 0 Å². The van der Waals surface area contributed by atoms with Crippen molar-refractivity contribution in [3.63, 3.8) is 0 Å². The Kier molecular flexibility index (Phi) is 10.4. The molecule has 8 heteroatoms. The first-order chi connectivity index (χ1) is 19.8. The van der Waals surface area contributed by atoms with Crippen molar-refractivity contribution in [3.05, 3.63) is 61.2 Å². The monoisotopic (exact) mass is 581 g/mol. The summed E-state index contributed by atoms with van der Waals surface area (Å²) in [6.07, 6.45) is 9.19. The van der Waals surface area contributed by atoms with E-state index in [1.54, 1.807) is 28.8 Å². The van der Waals surface area contributed by atoms with Gasteiger partial charge in [0.05, 0.1) is 16.6 Å². The summed E-state index contributed by atoms with van der Waals surface area (Å²) in [4.78, 5) is 48.7. The van der Waals surface area contributed by atoms with Crippen molar-refractivity contribution in [1.29, 1.82) is 0 Å². The fourth-order valence-electron chi connectivity index (χ4n) is 7.28. The van der Waals surface area contributed by atoms with Gasteiger partial charge in [0.2, 0.25) is 17.7 Å². The molecule has 1 N–H and O–H groups in total. The number of thioether (sulfide) groups is 1. The van der Waals surface area contributed by atoms with E-state index in [1.165, 1.54) is 0 Å². The molecule has 7 nitrogen and oxygen atoms in total. The molecular weight excluding hydrogens is 534 g/mol. The first-order valence-electron chi connectivity index (χ1n) is 15.2. The molecule has 2 unspecified atom stereocenters. The van der Waals surface area contributed by atoms with Gasteiger partial charge in [-0.25, -0.2) is 0 Å². The van der Waals surface area contributed by atoms with Crippen LogP contribution in [0.5, 0.6) is 0 Å². The maximum atomic E-state index is 14.4. The van der Waals surface area contributed by atoms with Crippen LogP contribution in [0.2, 0.25) is 0 Å². The molecule has 3 heterocycles. The zero-order valence-electron chi connectivity index (χ0n) is 24.8. The third kappa shape index (κ3) is 6.00. The van der Waals surface area contributed by atoms with Gasteiger partial charge in [-0.2, -0.15) is 0 Å². The molecule has 0 saturated carbocycles. The van der Waals surface area contributed by atoms with Crippen LogP contribution >= 0.6 is 11.8 Å². The van der Waals surface area contributed by atoms with Crippen LogP contribution in [0, 0.1) is 11.8 Å². The molecule has 2 bridgehead atoms. The topological polar surface area (TPSA) is 81.2 Å². The van der Waals surface area contributed by atoms with Gasteiger partial charge in [-0.15, -0.1) is 24.9 Å². The zero-order valence-corrected chi connectivity index (χ0v) is 25.6. The number of rotatable bonds is 16. The molecule has 1 aromatic rings. The van der Waals surface area contributed by atoms with E-state index >= 15 is 0 Å². The standard InChI is InChI=1S/C33H47N3O4S/c1-5-8-12-21-34(19-6-2)31(40)28-33-18-17-32(4,41-33)26(27(33)30(39)36(28)22-13-14-23-37)29(38)35(20-7-3)24-25-15-10-9-11-16-25/h6-7,9-11,15-16,26-28,37H,2-3,5,8,12-14,17-24H2,1,4H3/t26-,27+,28?,32+,33?/m1/s1.